The van der Waals surface area contributed by atoms with E-state index in [9.17, 15) is 4.79 Å². The number of hydrogen-bond acceptors (Lipinski definition) is 4. The molecule has 23 heavy (non-hydrogen) atoms. The van der Waals surface area contributed by atoms with Gasteiger partial charge < -0.3 is 5.32 Å². The van der Waals surface area contributed by atoms with Gasteiger partial charge in [0.1, 0.15) is 9.88 Å². The normalized spacial score (nSPS) is 11.9. The van der Waals surface area contributed by atoms with Crippen LogP contribution >= 0.6 is 11.3 Å². The first-order valence-electron chi connectivity index (χ1n) is 7.39. The summed E-state index contributed by atoms with van der Waals surface area (Å²) in [5.41, 5.74) is 2.75. The zero-order valence-corrected chi connectivity index (χ0v) is 13.8. The van der Waals surface area contributed by atoms with E-state index in [1.165, 1.54) is 11.3 Å². The molecule has 0 radical (unpaired) electrons. The third-order valence-corrected chi connectivity index (χ3v) is 4.76. The number of hydrogen-bond donors (Lipinski definition) is 1. The molecule has 5 heteroatoms. The summed E-state index contributed by atoms with van der Waals surface area (Å²) in [6, 6.07) is 13.7. The number of benzene rings is 1. The lowest BCUT2D eigenvalue weighted by molar-refractivity contribution is 0.0943. The van der Waals surface area contributed by atoms with Crippen LogP contribution in [0.5, 0.6) is 0 Å². The van der Waals surface area contributed by atoms with Crippen LogP contribution in [0, 0.1) is 6.92 Å². The summed E-state index contributed by atoms with van der Waals surface area (Å²) in [7, 11) is 0. The van der Waals surface area contributed by atoms with Crippen LogP contribution in [0.4, 0.5) is 0 Å². The molecule has 3 aromatic rings. The second kappa shape index (κ2) is 6.71. The van der Waals surface area contributed by atoms with E-state index >= 15 is 0 Å². The average molecular weight is 323 g/mol. The van der Waals surface area contributed by atoms with Gasteiger partial charge in [0.05, 0.1) is 11.7 Å². The molecule has 0 aliphatic rings. The van der Waals surface area contributed by atoms with Crippen LogP contribution in [-0.4, -0.2) is 15.9 Å². The number of aryl methyl sites for hydroxylation is 1. The largest absolute Gasteiger partial charge is 0.345 e. The first kappa shape index (κ1) is 15.4. The van der Waals surface area contributed by atoms with E-state index in [1.54, 1.807) is 12.4 Å². The number of rotatable bonds is 4. The van der Waals surface area contributed by atoms with E-state index in [1.807, 2.05) is 56.3 Å². The maximum atomic E-state index is 12.5. The van der Waals surface area contributed by atoms with Crippen LogP contribution in [0.2, 0.25) is 0 Å². The number of nitrogens with one attached hydrogen (secondary N) is 1. The van der Waals surface area contributed by atoms with Gasteiger partial charge in [-0.2, -0.15) is 0 Å². The van der Waals surface area contributed by atoms with Crippen LogP contribution in [0.1, 0.15) is 33.9 Å². The van der Waals surface area contributed by atoms with Crippen molar-refractivity contribution in [2.75, 3.05) is 0 Å². The molecule has 0 aliphatic carbocycles. The van der Waals surface area contributed by atoms with Gasteiger partial charge in [-0.3, -0.25) is 9.78 Å². The summed E-state index contributed by atoms with van der Waals surface area (Å²) in [4.78, 5) is 21.8. The summed E-state index contributed by atoms with van der Waals surface area (Å²) in [5.74, 6) is -0.0912. The fourth-order valence-electron chi connectivity index (χ4n) is 2.31. The molecule has 0 spiro atoms. The predicted molar refractivity (Wildman–Crippen MR) is 92.4 cm³/mol. The lowest BCUT2D eigenvalue weighted by Gasteiger charge is -2.13. The van der Waals surface area contributed by atoms with Crippen molar-refractivity contribution in [2.45, 2.75) is 19.9 Å². The van der Waals surface area contributed by atoms with Gasteiger partial charge in [0, 0.05) is 18.0 Å². The average Bonchev–Trinajstić information content (AvgIpc) is 2.98. The zero-order valence-electron chi connectivity index (χ0n) is 13.0. The Kier molecular flexibility index (Phi) is 4.48. The zero-order chi connectivity index (χ0) is 16.2. The van der Waals surface area contributed by atoms with Crippen LogP contribution in [0.15, 0.2) is 54.9 Å². The summed E-state index contributed by atoms with van der Waals surface area (Å²) in [5, 5.41) is 3.85. The number of aromatic nitrogens is 2. The number of amides is 1. The minimum Gasteiger partial charge on any atom is -0.345 e. The molecule has 1 aromatic carbocycles. The van der Waals surface area contributed by atoms with E-state index in [4.69, 9.17) is 0 Å². The number of thiazole rings is 1. The molecule has 0 aliphatic heterocycles. The van der Waals surface area contributed by atoms with Crippen LogP contribution < -0.4 is 5.32 Å². The SMILES string of the molecule is Cc1nc(-c2cccnc2)sc1C(=O)N[C@H](C)c1ccccc1. The lowest BCUT2D eigenvalue weighted by atomic mass is 10.1. The first-order valence-corrected chi connectivity index (χ1v) is 8.20. The molecule has 0 saturated heterocycles. The molecule has 2 aromatic heterocycles. The van der Waals surface area contributed by atoms with E-state index in [-0.39, 0.29) is 11.9 Å². The van der Waals surface area contributed by atoms with Crippen molar-refractivity contribution in [3.63, 3.8) is 0 Å². The Labute approximate surface area is 139 Å². The maximum absolute atomic E-state index is 12.5. The van der Waals surface area contributed by atoms with E-state index in [0.29, 0.717) is 4.88 Å². The third-order valence-electron chi connectivity index (χ3n) is 3.56. The fraction of sp³-hybridized carbons (Fsp3) is 0.167. The molecule has 1 N–H and O–H groups in total. The van der Waals surface area contributed by atoms with Crippen molar-refractivity contribution in [3.05, 3.63) is 71.0 Å². The van der Waals surface area contributed by atoms with E-state index in [2.05, 4.69) is 15.3 Å². The van der Waals surface area contributed by atoms with Crippen molar-refractivity contribution in [3.8, 4) is 10.6 Å². The highest BCUT2D eigenvalue weighted by Gasteiger charge is 2.18. The molecule has 0 unspecified atom stereocenters. The van der Waals surface area contributed by atoms with Gasteiger partial charge in [0.25, 0.3) is 5.91 Å². The van der Waals surface area contributed by atoms with Crippen molar-refractivity contribution in [2.24, 2.45) is 0 Å². The van der Waals surface area contributed by atoms with E-state index in [0.717, 1.165) is 21.8 Å². The molecule has 3 rings (SSSR count). The molecule has 0 fully saturated rings. The number of nitrogens with zero attached hydrogens (tertiary/aromatic N) is 2. The van der Waals surface area contributed by atoms with Crippen molar-refractivity contribution in [1.29, 1.82) is 0 Å². The first-order chi connectivity index (χ1) is 11.1. The summed E-state index contributed by atoms with van der Waals surface area (Å²) in [6.45, 7) is 3.84. The summed E-state index contributed by atoms with van der Waals surface area (Å²) < 4.78 is 0. The number of carbonyl (C=O) groups excluding carboxylic acids is 1. The molecule has 4 nitrogen and oxygen atoms in total. The topological polar surface area (TPSA) is 54.9 Å². The molecule has 116 valence electrons. The van der Waals surface area contributed by atoms with Crippen LogP contribution in [0.3, 0.4) is 0 Å². The Hall–Kier alpha value is -2.53. The minimum atomic E-state index is -0.0912. The Bertz CT molecular complexity index is 800. The summed E-state index contributed by atoms with van der Waals surface area (Å²) in [6.07, 6.45) is 3.48. The van der Waals surface area contributed by atoms with Crippen molar-refractivity contribution < 1.29 is 4.79 Å². The molecule has 2 heterocycles. The third kappa shape index (κ3) is 3.46. The highest BCUT2D eigenvalue weighted by molar-refractivity contribution is 7.17. The van der Waals surface area contributed by atoms with Crippen molar-refractivity contribution >= 4 is 17.2 Å². The monoisotopic (exact) mass is 323 g/mol. The van der Waals surface area contributed by atoms with Gasteiger partial charge in [0.15, 0.2) is 0 Å². The van der Waals surface area contributed by atoms with Gasteiger partial charge in [-0.1, -0.05) is 30.3 Å². The molecular formula is C18H17N3OS. The second-order valence-corrected chi connectivity index (χ2v) is 6.28. The highest BCUT2D eigenvalue weighted by Crippen LogP contribution is 2.27. The van der Waals surface area contributed by atoms with Gasteiger partial charge in [-0.15, -0.1) is 11.3 Å². The van der Waals surface area contributed by atoms with E-state index < -0.39 is 0 Å². The minimum absolute atomic E-state index is 0.0490. The molecule has 0 saturated carbocycles. The predicted octanol–water partition coefficient (Wildman–Crippen LogP) is 4.00. The maximum Gasteiger partial charge on any atom is 0.263 e. The Morgan fingerprint density at radius 3 is 2.65 bits per heavy atom. The summed E-state index contributed by atoms with van der Waals surface area (Å²) >= 11 is 1.39. The Morgan fingerprint density at radius 2 is 1.96 bits per heavy atom. The van der Waals surface area contributed by atoms with Crippen LogP contribution in [-0.2, 0) is 0 Å². The molecule has 1 amide bonds. The fourth-order valence-corrected chi connectivity index (χ4v) is 3.27. The number of carbonyl (C=O) groups is 1. The number of pyridine rings is 1. The van der Waals surface area contributed by atoms with Gasteiger partial charge >= 0.3 is 0 Å². The quantitative estimate of drug-likeness (QED) is 0.789. The van der Waals surface area contributed by atoms with Gasteiger partial charge in [0.2, 0.25) is 0 Å². The van der Waals surface area contributed by atoms with Crippen molar-refractivity contribution in [1.82, 2.24) is 15.3 Å². The standard InChI is InChI=1S/C18H17N3OS/c1-12(14-7-4-3-5-8-14)20-17(22)16-13(2)21-18(23-16)15-9-6-10-19-11-15/h3-12H,1-2H3,(H,20,22)/t12-/m1/s1. The Balaban J connectivity index is 1.79. The molecule has 0 bridgehead atoms. The smallest absolute Gasteiger partial charge is 0.263 e. The lowest BCUT2D eigenvalue weighted by Crippen LogP contribution is -2.26. The van der Waals surface area contributed by atoms with Crippen LogP contribution in [0.25, 0.3) is 10.6 Å². The van der Waals surface area contributed by atoms with Gasteiger partial charge in [-0.25, -0.2) is 4.98 Å². The molecule has 1 atom stereocenters. The highest BCUT2D eigenvalue weighted by atomic mass is 32.1. The second-order valence-electron chi connectivity index (χ2n) is 5.28. The van der Waals surface area contributed by atoms with Gasteiger partial charge in [-0.05, 0) is 31.5 Å². The Morgan fingerprint density at radius 1 is 1.17 bits per heavy atom. The molecular weight excluding hydrogens is 306 g/mol.